The van der Waals surface area contributed by atoms with Gasteiger partial charge in [0.2, 0.25) is 0 Å². The first-order valence-electron chi connectivity index (χ1n) is 6.36. The molecule has 0 amide bonds. The molecule has 0 fully saturated rings. The molecule has 0 radical (unpaired) electrons. The van der Waals surface area contributed by atoms with E-state index in [1.807, 2.05) is 36.4 Å². The molecule has 0 aliphatic rings. The summed E-state index contributed by atoms with van der Waals surface area (Å²) in [5.41, 5.74) is 4.48. The van der Waals surface area contributed by atoms with E-state index in [0.717, 1.165) is 27.3 Å². The molecule has 3 rings (SSSR count). The molecule has 0 aliphatic carbocycles. The largest absolute Gasteiger partial charge is 0.0829 e. The number of halogens is 2. The topological polar surface area (TPSA) is 0 Å². The lowest BCUT2D eigenvalue weighted by Crippen LogP contribution is -1.88. The predicted octanol–water partition coefficient (Wildman–Crippen LogP) is 6.28. The third-order valence-corrected chi connectivity index (χ3v) is 4.53. The van der Waals surface area contributed by atoms with Gasteiger partial charge in [-0.2, -0.15) is 0 Å². The van der Waals surface area contributed by atoms with Crippen molar-refractivity contribution < 1.29 is 0 Å². The van der Waals surface area contributed by atoms with Crippen LogP contribution in [0.4, 0.5) is 0 Å². The standard InChI is InChI=1S/C18H12ClI/c19-18-15(13-7-3-1-4-8-13)11-12-16(20)17(18)14-9-5-2-6-10-14/h1-12H. The van der Waals surface area contributed by atoms with E-state index in [0.29, 0.717) is 0 Å². The number of rotatable bonds is 2. The van der Waals surface area contributed by atoms with E-state index < -0.39 is 0 Å². The maximum absolute atomic E-state index is 6.68. The van der Waals surface area contributed by atoms with Gasteiger partial charge in [-0.3, -0.25) is 0 Å². The lowest BCUT2D eigenvalue weighted by molar-refractivity contribution is 1.56. The van der Waals surface area contributed by atoms with Gasteiger partial charge in [-0.05, 0) is 39.8 Å². The summed E-state index contributed by atoms with van der Waals surface area (Å²) in [6.45, 7) is 0. The second-order valence-corrected chi connectivity index (χ2v) is 6.06. The molecule has 0 bridgehead atoms. The van der Waals surface area contributed by atoms with Gasteiger partial charge < -0.3 is 0 Å². The molecular weight excluding hydrogens is 379 g/mol. The third kappa shape index (κ3) is 2.60. The molecule has 3 aromatic carbocycles. The summed E-state index contributed by atoms with van der Waals surface area (Å²) in [6.07, 6.45) is 0. The molecule has 0 N–H and O–H groups in total. The highest BCUT2D eigenvalue weighted by Crippen LogP contribution is 2.39. The lowest BCUT2D eigenvalue weighted by atomic mass is 9.99. The lowest BCUT2D eigenvalue weighted by Gasteiger charge is -2.12. The summed E-state index contributed by atoms with van der Waals surface area (Å²) in [5.74, 6) is 0. The highest BCUT2D eigenvalue weighted by Gasteiger charge is 2.13. The predicted molar refractivity (Wildman–Crippen MR) is 95.0 cm³/mol. The number of benzene rings is 3. The molecule has 0 saturated heterocycles. The summed E-state index contributed by atoms with van der Waals surface area (Å²) < 4.78 is 1.17. The Kier molecular flexibility index (Phi) is 4.08. The molecule has 0 aromatic heterocycles. The van der Waals surface area contributed by atoms with Crippen LogP contribution in [-0.4, -0.2) is 0 Å². The van der Waals surface area contributed by atoms with Gasteiger partial charge in [0.1, 0.15) is 0 Å². The highest BCUT2D eigenvalue weighted by atomic mass is 127. The second kappa shape index (κ2) is 5.98. The molecule has 0 atom stereocenters. The fraction of sp³-hybridized carbons (Fsp3) is 0. The first-order valence-corrected chi connectivity index (χ1v) is 7.82. The smallest absolute Gasteiger partial charge is 0.0573 e. The first-order chi connectivity index (χ1) is 9.77. The molecule has 0 aliphatic heterocycles. The average molecular weight is 391 g/mol. The summed E-state index contributed by atoms with van der Waals surface area (Å²) in [7, 11) is 0. The van der Waals surface area contributed by atoms with Crippen LogP contribution in [-0.2, 0) is 0 Å². The van der Waals surface area contributed by atoms with Crippen molar-refractivity contribution >= 4 is 34.2 Å². The van der Waals surface area contributed by atoms with E-state index in [1.165, 1.54) is 3.57 Å². The number of hydrogen-bond donors (Lipinski definition) is 0. The summed E-state index contributed by atoms with van der Waals surface area (Å²) in [6, 6.07) is 24.8. The van der Waals surface area contributed by atoms with E-state index in [4.69, 9.17) is 11.6 Å². The van der Waals surface area contributed by atoms with E-state index >= 15 is 0 Å². The molecule has 0 unspecified atom stereocenters. The van der Waals surface area contributed by atoms with Gasteiger partial charge in [0, 0.05) is 14.7 Å². The maximum Gasteiger partial charge on any atom is 0.0573 e. The van der Waals surface area contributed by atoms with Gasteiger partial charge in [-0.1, -0.05) is 78.3 Å². The Balaban J connectivity index is 2.22. The van der Waals surface area contributed by atoms with E-state index in [2.05, 4.69) is 59.0 Å². The van der Waals surface area contributed by atoms with E-state index in [9.17, 15) is 0 Å². The molecule has 2 heteroatoms. The summed E-state index contributed by atoms with van der Waals surface area (Å²) in [4.78, 5) is 0. The van der Waals surface area contributed by atoms with Crippen molar-refractivity contribution in [1.82, 2.24) is 0 Å². The minimum Gasteiger partial charge on any atom is -0.0829 e. The van der Waals surface area contributed by atoms with E-state index in [1.54, 1.807) is 0 Å². The Morgan fingerprint density at radius 3 is 1.80 bits per heavy atom. The van der Waals surface area contributed by atoms with Crippen molar-refractivity contribution in [3.05, 3.63) is 81.4 Å². The summed E-state index contributed by atoms with van der Waals surface area (Å²) in [5, 5.41) is 0.814. The van der Waals surface area contributed by atoms with Crippen LogP contribution in [0.5, 0.6) is 0 Å². The van der Waals surface area contributed by atoms with Crippen LogP contribution in [0, 0.1) is 3.57 Å². The van der Waals surface area contributed by atoms with Gasteiger partial charge in [0.25, 0.3) is 0 Å². The molecular formula is C18H12ClI. The van der Waals surface area contributed by atoms with Gasteiger partial charge in [0.15, 0.2) is 0 Å². The molecule has 98 valence electrons. The molecule has 0 spiro atoms. The molecule has 0 nitrogen and oxygen atoms in total. The third-order valence-electron chi connectivity index (χ3n) is 3.24. The monoisotopic (exact) mass is 390 g/mol. The van der Waals surface area contributed by atoms with Crippen molar-refractivity contribution in [3.63, 3.8) is 0 Å². The first kappa shape index (κ1) is 13.7. The SMILES string of the molecule is Clc1c(-c2ccccc2)ccc(I)c1-c1ccccc1. The van der Waals surface area contributed by atoms with Crippen molar-refractivity contribution in [2.45, 2.75) is 0 Å². The van der Waals surface area contributed by atoms with Crippen molar-refractivity contribution in [2.24, 2.45) is 0 Å². The molecule has 0 heterocycles. The average Bonchev–Trinajstić information content (AvgIpc) is 2.49. The zero-order valence-corrected chi connectivity index (χ0v) is 13.6. The van der Waals surface area contributed by atoms with Crippen LogP contribution in [0.1, 0.15) is 0 Å². The van der Waals surface area contributed by atoms with Gasteiger partial charge in [-0.25, -0.2) is 0 Å². The van der Waals surface area contributed by atoms with Crippen LogP contribution in [0.15, 0.2) is 72.8 Å². The minimum absolute atomic E-state index is 0.814. The van der Waals surface area contributed by atoms with Gasteiger partial charge >= 0.3 is 0 Å². The Morgan fingerprint density at radius 1 is 0.650 bits per heavy atom. The highest BCUT2D eigenvalue weighted by molar-refractivity contribution is 14.1. The van der Waals surface area contributed by atoms with Crippen molar-refractivity contribution in [2.75, 3.05) is 0 Å². The van der Waals surface area contributed by atoms with Gasteiger partial charge in [-0.15, -0.1) is 0 Å². The molecule has 0 saturated carbocycles. The Hall–Kier alpha value is -1.32. The molecule has 3 aromatic rings. The zero-order valence-electron chi connectivity index (χ0n) is 10.7. The van der Waals surface area contributed by atoms with Crippen molar-refractivity contribution in [1.29, 1.82) is 0 Å². The zero-order chi connectivity index (χ0) is 13.9. The fourth-order valence-electron chi connectivity index (χ4n) is 2.26. The van der Waals surface area contributed by atoms with Crippen LogP contribution in [0.3, 0.4) is 0 Å². The van der Waals surface area contributed by atoms with Crippen LogP contribution in [0.25, 0.3) is 22.3 Å². The van der Waals surface area contributed by atoms with Gasteiger partial charge in [0.05, 0.1) is 5.02 Å². The quantitative estimate of drug-likeness (QED) is 0.452. The van der Waals surface area contributed by atoms with Crippen molar-refractivity contribution in [3.8, 4) is 22.3 Å². The second-order valence-electron chi connectivity index (χ2n) is 4.52. The Bertz CT molecular complexity index is 721. The minimum atomic E-state index is 0.814. The fourth-order valence-corrected chi connectivity index (χ4v) is 3.57. The van der Waals surface area contributed by atoms with E-state index in [-0.39, 0.29) is 0 Å². The normalized spacial score (nSPS) is 10.5. The molecule has 20 heavy (non-hydrogen) atoms. The van der Waals surface area contributed by atoms with Crippen LogP contribution < -0.4 is 0 Å². The summed E-state index contributed by atoms with van der Waals surface area (Å²) >= 11 is 9.02. The van der Waals surface area contributed by atoms with Crippen LogP contribution in [0.2, 0.25) is 5.02 Å². The Labute approximate surface area is 137 Å². The number of hydrogen-bond acceptors (Lipinski definition) is 0. The maximum atomic E-state index is 6.68. The Morgan fingerprint density at radius 2 is 1.20 bits per heavy atom. The van der Waals surface area contributed by atoms with Crippen LogP contribution >= 0.6 is 34.2 Å².